The second kappa shape index (κ2) is 3.91. The van der Waals surface area contributed by atoms with Crippen molar-refractivity contribution < 1.29 is 0 Å². The van der Waals surface area contributed by atoms with Gasteiger partial charge in [-0.05, 0) is 19.8 Å². The van der Waals surface area contributed by atoms with Crippen LogP contribution in [0.5, 0.6) is 0 Å². The fourth-order valence-electron chi connectivity index (χ4n) is 1.56. The molecule has 0 unspecified atom stereocenters. The number of nitrogens with zero attached hydrogens (tertiary/aromatic N) is 5. The summed E-state index contributed by atoms with van der Waals surface area (Å²) in [6.45, 7) is 2.13. The molecule has 2 aromatic rings. The van der Waals surface area contributed by atoms with E-state index < -0.39 is 0 Å². The maximum Gasteiger partial charge on any atom is 0.243 e. The molecule has 4 N–H and O–H groups in total. The van der Waals surface area contributed by atoms with E-state index in [1.165, 1.54) is 0 Å². The van der Waals surface area contributed by atoms with E-state index in [2.05, 4.69) is 37.6 Å². The molecule has 0 aromatic carbocycles. The maximum absolute atomic E-state index is 5.36. The molecule has 2 heterocycles. The number of nitrogens with two attached hydrogens (primary N) is 1. The molecule has 0 spiro atoms. The Morgan fingerprint density at radius 3 is 2.67 bits per heavy atom. The average molecular weight is 246 g/mol. The molecular formula is C10H14N8. The Kier molecular flexibility index (Phi) is 2.37. The van der Waals surface area contributed by atoms with Crippen molar-refractivity contribution in [2.45, 2.75) is 25.3 Å². The van der Waals surface area contributed by atoms with Crippen molar-refractivity contribution in [3.8, 4) is 5.95 Å². The average Bonchev–Trinajstić information content (AvgIpc) is 2.89. The molecule has 94 valence electrons. The minimum atomic E-state index is 0.0967. The lowest BCUT2D eigenvalue weighted by molar-refractivity contribution is 0.796. The number of rotatable bonds is 4. The Hall–Kier alpha value is -2.22. The molecule has 0 amide bonds. The van der Waals surface area contributed by atoms with Gasteiger partial charge in [0.1, 0.15) is 6.33 Å². The van der Waals surface area contributed by atoms with E-state index in [0.717, 1.165) is 12.8 Å². The molecule has 1 fully saturated rings. The quantitative estimate of drug-likeness (QED) is 0.526. The fourth-order valence-corrected chi connectivity index (χ4v) is 1.56. The third-order valence-corrected chi connectivity index (χ3v) is 2.90. The first kappa shape index (κ1) is 10.9. The Morgan fingerprint density at radius 2 is 2.06 bits per heavy atom. The second-order valence-electron chi connectivity index (χ2n) is 4.58. The highest BCUT2D eigenvalue weighted by atomic mass is 15.4. The van der Waals surface area contributed by atoms with Crippen molar-refractivity contribution in [2.24, 2.45) is 5.84 Å². The van der Waals surface area contributed by atoms with Gasteiger partial charge in [0, 0.05) is 17.9 Å². The normalized spacial score (nSPS) is 16.3. The topological polar surface area (TPSA) is 107 Å². The van der Waals surface area contributed by atoms with Gasteiger partial charge < -0.3 is 5.32 Å². The van der Waals surface area contributed by atoms with Gasteiger partial charge in [0.2, 0.25) is 17.8 Å². The summed E-state index contributed by atoms with van der Waals surface area (Å²) in [5.74, 6) is 6.67. The minimum Gasteiger partial charge on any atom is -0.349 e. The molecular weight excluding hydrogens is 232 g/mol. The number of nitrogen functional groups attached to an aromatic ring is 1. The van der Waals surface area contributed by atoms with Gasteiger partial charge in [0.15, 0.2) is 0 Å². The first-order valence-corrected chi connectivity index (χ1v) is 5.68. The van der Waals surface area contributed by atoms with Crippen LogP contribution in [0.1, 0.15) is 19.8 Å². The summed E-state index contributed by atoms with van der Waals surface area (Å²) in [7, 11) is 0. The summed E-state index contributed by atoms with van der Waals surface area (Å²) in [5, 5.41) is 3.28. The van der Waals surface area contributed by atoms with E-state index >= 15 is 0 Å². The molecule has 0 atom stereocenters. The van der Waals surface area contributed by atoms with E-state index in [4.69, 9.17) is 5.84 Å². The van der Waals surface area contributed by atoms with Crippen molar-refractivity contribution in [2.75, 3.05) is 10.7 Å². The van der Waals surface area contributed by atoms with Crippen LogP contribution in [0.2, 0.25) is 0 Å². The van der Waals surface area contributed by atoms with Crippen LogP contribution in [0, 0.1) is 0 Å². The van der Waals surface area contributed by atoms with Crippen molar-refractivity contribution in [1.29, 1.82) is 0 Å². The van der Waals surface area contributed by atoms with E-state index in [9.17, 15) is 0 Å². The highest BCUT2D eigenvalue weighted by Crippen LogP contribution is 2.37. The van der Waals surface area contributed by atoms with E-state index in [1.807, 2.05) is 0 Å². The number of anilines is 2. The van der Waals surface area contributed by atoms with Gasteiger partial charge in [-0.1, -0.05) is 0 Å². The van der Waals surface area contributed by atoms with Crippen LogP contribution in [0.3, 0.4) is 0 Å². The smallest absolute Gasteiger partial charge is 0.243 e. The molecule has 1 saturated carbocycles. The lowest BCUT2D eigenvalue weighted by Gasteiger charge is -2.12. The van der Waals surface area contributed by atoms with E-state index in [-0.39, 0.29) is 5.54 Å². The van der Waals surface area contributed by atoms with Crippen molar-refractivity contribution in [3.63, 3.8) is 0 Å². The SMILES string of the molecule is CC1(Nc2nc(NN)nc(-n3ccnc3)n2)CC1. The van der Waals surface area contributed by atoms with Gasteiger partial charge >= 0.3 is 0 Å². The highest BCUT2D eigenvalue weighted by molar-refractivity contribution is 5.40. The number of imidazole rings is 1. The van der Waals surface area contributed by atoms with Crippen LogP contribution in [0.4, 0.5) is 11.9 Å². The molecule has 2 aromatic heterocycles. The monoisotopic (exact) mass is 246 g/mol. The second-order valence-corrected chi connectivity index (χ2v) is 4.58. The summed E-state index contributed by atoms with van der Waals surface area (Å²) in [6, 6.07) is 0. The first-order chi connectivity index (χ1) is 8.68. The van der Waals surface area contributed by atoms with Gasteiger partial charge in [-0.2, -0.15) is 15.0 Å². The summed E-state index contributed by atoms with van der Waals surface area (Å²) in [5.41, 5.74) is 2.54. The minimum absolute atomic E-state index is 0.0967. The number of hydrogen-bond acceptors (Lipinski definition) is 7. The molecule has 18 heavy (non-hydrogen) atoms. The van der Waals surface area contributed by atoms with Gasteiger partial charge in [-0.15, -0.1) is 0 Å². The van der Waals surface area contributed by atoms with Crippen LogP contribution >= 0.6 is 0 Å². The summed E-state index contributed by atoms with van der Waals surface area (Å²) in [4.78, 5) is 16.7. The van der Waals surface area contributed by atoms with Crippen LogP contribution in [-0.2, 0) is 0 Å². The maximum atomic E-state index is 5.36. The largest absolute Gasteiger partial charge is 0.349 e. The molecule has 8 heteroatoms. The summed E-state index contributed by atoms with van der Waals surface area (Å²) < 4.78 is 1.70. The molecule has 3 rings (SSSR count). The van der Waals surface area contributed by atoms with Crippen molar-refractivity contribution in [3.05, 3.63) is 18.7 Å². The molecule has 0 radical (unpaired) electrons. The Labute approximate surface area is 104 Å². The van der Waals surface area contributed by atoms with Crippen LogP contribution in [0.25, 0.3) is 5.95 Å². The third kappa shape index (κ3) is 2.09. The number of hydrazine groups is 1. The zero-order chi connectivity index (χ0) is 12.6. The highest BCUT2D eigenvalue weighted by Gasteiger charge is 2.38. The molecule has 0 aliphatic heterocycles. The van der Waals surface area contributed by atoms with Crippen LogP contribution in [0.15, 0.2) is 18.7 Å². The summed E-state index contributed by atoms with van der Waals surface area (Å²) >= 11 is 0. The standard InChI is InChI=1S/C10H14N8/c1-10(2-3-10)16-7-13-8(17-11)15-9(14-7)18-5-4-12-6-18/h4-6H,2-3,11H2,1H3,(H2,13,14,15,16,17). The molecule has 0 saturated heterocycles. The zero-order valence-corrected chi connectivity index (χ0v) is 9.96. The lowest BCUT2D eigenvalue weighted by atomic mass is 10.3. The van der Waals surface area contributed by atoms with Crippen molar-refractivity contribution in [1.82, 2.24) is 24.5 Å². The Morgan fingerprint density at radius 1 is 1.28 bits per heavy atom. The predicted molar refractivity (Wildman–Crippen MR) is 66.0 cm³/mol. The van der Waals surface area contributed by atoms with Gasteiger partial charge in [-0.3, -0.25) is 9.99 Å². The number of aromatic nitrogens is 5. The van der Waals surface area contributed by atoms with Crippen molar-refractivity contribution >= 4 is 11.9 Å². The molecule has 0 bridgehead atoms. The first-order valence-electron chi connectivity index (χ1n) is 5.68. The zero-order valence-electron chi connectivity index (χ0n) is 9.96. The Balaban J connectivity index is 1.96. The summed E-state index contributed by atoms with van der Waals surface area (Å²) in [6.07, 6.45) is 7.28. The van der Waals surface area contributed by atoms with Gasteiger partial charge in [0.05, 0.1) is 0 Å². The molecule has 1 aliphatic carbocycles. The molecule has 1 aliphatic rings. The Bertz CT molecular complexity index is 545. The van der Waals surface area contributed by atoms with Gasteiger partial charge in [-0.25, -0.2) is 10.8 Å². The van der Waals surface area contributed by atoms with Gasteiger partial charge in [0.25, 0.3) is 0 Å². The number of nitrogens with one attached hydrogen (secondary N) is 2. The van der Waals surface area contributed by atoms with E-state index in [0.29, 0.717) is 17.8 Å². The number of hydrogen-bond donors (Lipinski definition) is 3. The lowest BCUT2D eigenvalue weighted by Crippen LogP contribution is -2.21. The van der Waals surface area contributed by atoms with Crippen LogP contribution in [-0.4, -0.2) is 30.0 Å². The van der Waals surface area contributed by atoms with E-state index in [1.54, 1.807) is 23.3 Å². The fraction of sp³-hybridized carbons (Fsp3) is 0.400. The third-order valence-electron chi connectivity index (χ3n) is 2.90. The predicted octanol–water partition coefficient (Wildman–Crippen LogP) is 0.307. The molecule has 8 nitrogen and oxygen atoms in total. The van der Waals surface area contributed by atoms with Crippen LogP contribution < -0.4 is 16.6 Å².